The van der Waals surface area contributed by atoms with Crippen LogP contribution in [0.2, 0.25) is 0 Å². The molecule has 3 rings (SSSR count). The number of halogens is 1. The topological polar surface area (TPSA) is 73.3 Å². The predicted molar refractivity (Wildman–Crippen MR) is 143 cm³/mol. The Morgan fingerprint density at radius 2 is 1.88 bits per heavy atom. The van der Waals surface area contributed by atoms with Crippen molar-refractivity contribution in [2.75, 3.05) is 41.0 Å². The molecule has 2 aromatic rings. The molecule has 33 heavy (non-hydrogen) atoms. The fourth-order valence-electron chi connectivity index (χ4n) is 3.64. The molecule has 0 aromatic heterocycles. The number of hydrogen-bond donors (Lipinski definition) is 2. The van der Waals surface area contributed by atoms with Gasteiger partial charge in [-0.25, -0.2) is 0 Å². The normalized spacial score (nSPS) is 15.5. The van der Waals surface area contributed by atoms with Crippen LogP contribution in [0.4, 0.5) is 0 Å². The smallest absolute Gasteiger partial charge is 0.191 e. The van der Waals surface area contributed by atoms with Crippen LogP contribution in [0.3, 0.4) is 0 Å². The fraction of sp³-hybridized carbons (Fsp3) is 0.480. The van der Waals surface area contributed by atoms with Crippen LogP contribution in [0, 0.1) is 6.92 Å². The van der Waals surface area contributed by atoms with Crippen molar-refractivity contribution >= 4 is 29.9 Å². The van der Waals surface area contributed by atoms with Gasteiger partial charge in [0.25, 0.3) is 0 Å². The minimum atomic E-state index is 0. The third-order valence-corrected chi connectivity index (χ3v) is 5.46. The third-order valence-electron chi connectivity index (χ3n) is 5.46. The zero-order valence-electron chi connectivity index (χ0n) is 20.0. The summed E-state index contributed by atoms with van der Waals surface area (Å²) < 4.78 is 22.3. The monoisotopic (exact) mass is 569 g/mol. The van der Waals surface area contributed by atoms with Crippen molar-refractivity contribution < 1.29 is 18.9 Å². The highest BCUT2D eigenvalue weighted by atomic mass is 127. The maximum atomic E-state index is 6.19. The van der Waals surface area contributed by atoms with Gasteiger partial charge in [-0.3, -0.25) is 4.99 Å². The average molecular weight is 569 g/mol. The molecule has 8 heteroatoms. The van der Waals surface area contributed by atoms with Crippen LogP contribution in [0.15, 0.2) is 41.4 Å². The highest BCUT2D eigenvalue weighted by molar-refractivity contribution is 14.0. The Hall–Kier alpha value is -2.20. The molecule has 0 saturated carbocycles. The van der Waals surface area contributed by atoms with Crippen molar-refractivity contribution in [3.63, 3.8) is 0 Å². The van der Waals surface area contributed by atoms with Gasteiger partial charge < -0.3 is 29.6 Å². The van der Waals surface area contributed by atoms with Crippen molar-refractivity contribution in [2.24, 2.45) is 4.99 Å². The molecule has 2 aromatic carbocycles. The number of guanidine groups is 1. The summed E-state index contributed by atoms with van der Waals surface area (Å²) in [4.78, 5) is 4.35. The molecule has 182 valence electrons. The second-order valence-electron chi connectivity index (χ2n) is 7.86. The quantitative estimate of drug-likeness (QED) is 0.194. The summed E-state index contributed by atoms with van der Waals surface area (Å²) in [5, 5.41) is 6.78. The van der Waals surface area contributed by atoms with Gasteiger partial charge >= 0.3 is 0 Å². The van der Waals surface area contributed by atoms with Gasteiger partial charge in [0.15, 0.2) is 17.5 Å². The van der Waals surface area contributed by atoms with Gasteiger partial charge in [-0.2, -0.15) is 0 Å². The van der Waals surface area contributed by atoms with Crippen LogP contribution in [-0.4, -0.2) is 53.1 Å². The second-order valence-corrected chi connectivity index (χ2v) is 7.86. The van der Waals surface area contributed by atoms with Crippen molar-refractivity contribution in [2.45, 2.75) is 38.8 Å². The van der Waals surface area contributed by atoms with Gasteiger partial charge in [-0.05, 0) is 49.1 Å². The largest absolute Gasteiger partial charge is 0.493 e. The summed E-state index contributed by atoms with van der Waals surface area (Å²) in [5.41, 5.74) is 3.50. The first-order chi connectivity index (χ1) is 15.6. The highest BCUT2D eigenvalue weighted by Crippen LogP contribution is 2.28. The average Bonchev–Trinajstić information content (AvgIpc) is 3.32. The van der Waals surface area contributed by atoms with Gasteiger partial charge in [0.2, 0.25) is 0 Å². The fourth-order valence-corrected chi connectivity index (χ4v) is 3.64. The van der Waals surface area contributed by atoms with Crippen LogP contribution in [-0.2, 0) is 17.7 Å². The number of rotatable bonds is 10. The van der Waals surface area contributed by atoms with E-state index in [0.29, 0.717) is 13.2 Å². The van der Waals surface area contributed by atoms with Crippen LogP contribution in [0.5, 0.6) is 17.2 Å². The van der Waals surface area contributed by atoms with E-state index in [1.807, 2.05) is 12.1 Å². The summed E-state index contributed by atoms with van der Waals surface area (Å²) in [6.07, 6.45) is 2.97. The number of aryl methyl sites for hydroxylation is 2. The van der Waals surface area contributed by atoms with Crippen LogP contribution in [0.1, 0.15) is 29.5 Å². The SMILES string of the molecule is CN=C(NCCCc1ccc(OC)c(OC)c1)NCc1ccc(C)cc1OC1CCOC1.I. The number of ether oxygens (including phenoxy) is 4. The van der Waals surface area contributed by atoms with E-state index in [2.05, 4.69) is 46.8 Å². The van der Waals surface area contributed by atoms with Gasteiger partial charge in [-0.1, -0.05) is 18.2 Å². The summed E-state index contributed by atoms with van der Waals surface area (Å²) in [7, 11) is 5.09. The molecule has 1 atom stereocenters. The Bertz CT molecular complexity index is 901. The lowest BCUT2D eigenvalue weighted by Crippen LogP contribution is -2.37. The lowest BCUT2D eigenvalue weighted by molar-refractivity contribution is 0.140. The van der Waals surface area contributed by atoms with E-state index in [1.54, 1.807) is 21.3 Å². The molecule has 0 bridgehead atoms. The van der Waals surface area contributed by atoms with Gasteiger partial charge in [0.05, 0.1) is 27.4 Å². The van der Waals surface area contributed by atoms with Crippen molar-refractivity contribution in [1.82, 2.24) is 10.6 Å². The number of nitrogens with one attached hydrogen (secondary N) is 2. The molecule has 2 N–H and O–H groups in total. The molecule has 0 spiro atoms. The number of benzene rings is 2. The lowest BCUT2D eigenvalue weighted by Gasteiger charge is -2.18. The van der Waals surface area contributed by atoms with E-state index in [-0.39, 0.29) is 30.1 Å². The Balaban J connectivity index is 0.00000385. The molecule has 0 aliphatic carbocycles. The number of aliphatic imine (C=N–C) groups is 1. The maximum absolute atomic E-state index is 6.19. The molecule has 1 aliphatic rings. The zero-order chi connectivity index (χ0) is 22.8. The lowest BCUT2D eigenvalue weighted by atomic mass is 10.1. The molecule has 7 nitrogen and oxygen atoms in total. The van der Waals surface area contributed by atoms with E-state index >= 15 is 0 Å². The first kappa shape index (κ1) is 27.0. The number of nitrogens with zero attached hydrogens (tertiary/aromatic N) is 1. The van der Waals surface area contributed by atoms with E-state index in [1.165, 1.54) is 11.1 Å². The van der Waals surface area contributed by atoms with E-state index in [4.69, 9.17) is 18.9 Å². The van der Waals surface area contributed by atoms with Gasteiger partial charge in [0, 0.05) is 32.1 Å². The minimum absolute atomic E-state index is 0. The van der Waals surface area contributed by atoms with Gasteiger partial charge in [-0.15, -0.1) is 24.0 Å². The number of methoxy groups -OCH3 is 2. The molecular weight excluding hydrogens is 533 g/mol. The Labute approximate surface area is 214 Å². The standard InChI is InChI=1S/C25H35N3O4.HI/c1-18-7-9-20(23(14-18)32-21-11-13-31-17-21)16-28-25(26-2)27-12-5-6-19-8-10-22(29-3)24(15-19)30-4;/h7-10,14-15,21H,5-6,11-13,16-17H2,1-4H3,(H2,26,27,28);1H. The molecule has 1 unspecified atom stereocenters. The van der Waals surface area contributed by atoms with E-state index < -0.39 is 0 Å². The molecule has 1 heterocycles. The van der Waals surface area contributed by atoms with Crippen molar-refractivity contribution in [3.05, 3.63) is 53.1 Å². The molecular formula is C25H36IN3O4. The summed E-state index contributed by atoms with van der Waals surface area (Å²) in [5.74, 6) is 3.19. The van der Waals surface area contributed by atoms with Crippen molar-refractivity contribution in [3.8, 4) is 17.2 Å². The Kier molecular flexibility index (Phi) is 11.6. The Morgan fingerprint density at radius 3 is 2.58 bits per heavy atom. The predicted octanol–water partition coefficient (Wildman–Crippen LogP) is 4.10. The first-order valence-electron chi connectivity index (χ1n) is 11.1. The third kappa shape index (κ3) is 8.26. The van der Waals surface area contributed by atoms with Crippen LogP contribution in [0.25, 0.3) is 0 Å². The maximum Gasteiger partial charge on any atom is 0.191 e. The van der Waals surface area contributed by atoms with Crippen LogP contribution >= 0.6 is 24.0 Å². The molecule has 1 aliphatic heterocycles. The molecule has 0 amide bonds. The summed E-state index contributed by atoms with van der Waals surface area (Å²) >= 11 is 0. The van der Waals surface area contributed by atoms with Gasteiger partial charge in [0.1, 0.15) is 11.9 Å². The summed E-state index contributed by atoms with van der Waals surface area (Å²) in [6, 6.07) is 12.4. The first-order valence-corrected chi connectivity index (χ1v) is 11.1. The van der Waals surface area contributed by atoms with E-state index in [0.717, 1.165) is 61.2 Å². The zero-order valence-corrected chi connectivity index (χ0v) is 22.3. The molecule has 1 saturated heterocycles. The van der Waals surface area contributed by atoms with E-state index in [9.17, 15) is 0 Å². The van der Waals surface area contributed by atoms with Crippen molar-refractivity contribution in [1.29, 1.82) is 0 Å². The number of hydrogen-bond acceptors (Lipinski definition) is 5. The second kappa shape index (κ2) is 14.1. The summed E-state index contributed by atoms with van der Waals surface area (Å²) in [6.45, 7) is 4.95. The Morgan fingerprint density at radius 1 is 1.06 bits per heavy atom. The highest BCUT2D eigenvalue weighted by Gasteiger charge is 2.18. The molecule has 1 fully saturated rings. The molecule has 0 radical (unpaired) electrons. The minimum Gasteiger partial charge on any atom is -0.493 e. The van der Waals surface area contributed by atoms with Crippen LogP contribution < -0.4 is 24.8 Å².